The van der Waals surface area contributed by atoms with Crippen molar-refractivity contribution >= 4 is 118 Å². The van der Waals surface area contributed by atoms with Gasteiger partial charge in [0.25, 0.3) is 0 Å². The Hall–Kier alpha value is -5.72. The van der Waals surface area contributed by atoms with E-state index in [4.69, 9.17) is 0 Å². The summed E-state index contributed by atoms with van der Waals surface area (Å²) in [7, 11) is 0. The summed E-state index contributed by atoms with van der Waals surface area (Å²) in [5.74, 6) is 0. The van der Waals surface area contributed by atoms with Gasteiger partial charge in [-0.1, -0.05) is 133 Å². The predicted octanol–water partition coefficient (Wildman–Crippen LogP) is 12.7. The van der Waals surface area contributed by atoms with E-state index in [9.17, 15) is 0 Å². The second-order valence-electron chi connectivity index (χ2n) is 12.7. The van der Waals surface area contributed by atoms with Crippen LogP contribution in [0.25, 0.3) is 118 Å². The summed E-state index contributed by atoms with van der Waals surface area (Å²) in [4.78, 5) is 0. The molecule has 0 unspecified atom stereocenters. The monoisotopic (exact) mass is 550 g/mol. The molecule has 0 aromatic heterocycles. The first-order chi connectivity index (χ1) is 21.9. The van der Waals surface area contributed by atoms with Crippen LogP contribution < -0.4 is 0 Å². The Bertz CT molecular complexity index is 2980. The third kappa shape index (κ3) is 2.26. The van der Waals surface area contributed by atoms with Crippen molar-refractivity contribution < 1.29 is 0 Å². The summed E-state index contributed by atoms with van der Waals surface area (Å²) in [5, 5.41) is 30.2. The van der Waals surface area contributed by atoms with Gasteiger partial charge in [-0.25, -0.2) is 0 Å². The SMILES string of the molecule is c1ccc2c(c1)c1ccccc1c1c3ccc4c5c6ccccc6c6ccccc6c5c5ccc6ccc(c21)c1c6c5c4c31. The Balaban J connectivity index is 1.51. The Morgan fingerprint density at radius 3 is 0.727 bits per heavy atom. The molecule has 0 nitrogen and oxygen atoms in total. The molecule has 0 heterocycles. The first kappa shape index (κ1) is 21.9. The van der Waals surface area contributed by atoms with Crippen LogP contribution in [0.4, 0.5) is 0 Å². The molecule has 0 spiro atoms. The molecule has 0 saturated heterocycles. The van der Waals surface area contributed by atoms with Gasteiger partial charge in [-0.2, -0.15) is 0 Å². The van der Waals surface area contributed by atoms with E-state index in [0.29, 0.717) is 0 Å². The molecular formula is C44H22. The average Bonchev–Trinajstić information content (AvgIpc) is 3.46. The molecular weight excluding hydrogens is 528 g/mol. The zero-order valence-corrected chi connectivity index (χ0v) is 23.7. The average molecular weight is 551 g/mol. The molecule has 12 aromatic rings. The fourth-order valence-electron chi connectivity index (χ4n) is 9.29. The zero-order valence-electron chi connectivity index (χ0n) is 23.7. The Morgan fingerprint density at radius 2 is 0.409 bits per heavy atom. The largest absolute Gasteiger partial charge is 0.0616 e. The fraction of sp³-hybridized carbons (Fsp3) is 0. The van der Waals surface area contributed by atoms with E-state index in [0.717, 1.165) is 0 Å². The maximum atomic E-state index is 2.45. The quantitative estimate of drug-likeness (QED) is 0.165. The number of benzene rings is 11. The van der Waals surface area contributed by atoms with Gasteiger partial charge in [0.05, 0.1) is 0 Å². The van der Waals surface area contributed by atoms with Crippen LogP contribution in [0, 0.1) is 0 Å². The molecule has 0 heteroatoms. The van der Waals surface area contributed by atoms with Crippen LogP contribution >= 0.6 is 0 Å². The summed E-state index contributed by atoms with van der Waals surface area (Å²) >= 11 is 0. The van der Waals surface area contributed by atoms with Crippen molar-refractivity contribution in [1.82, 2.24) is 0 Å². The lowest BCUT2D eigenvalue weighted by molar-refractivity contribution is 1.80. The molecule has 198 valence electrons. The Morgan fingerprint density at radius 1 is 0.159 bits per heavy atom. The smallest absolute Gasteiger partial charge is 0.000695 e. The highest BCUT2D eigenvalue weighted by Crippen LogP contribution is 2.56. The van der Waals surface area contributed by atoms with Crippen LogP contribution in [-0.4, -0.2) is 0 Å². The molecule has 0 aliphatic rings. The first-order valence-corrected chi connectivity index (χ1v) is 15.5. The van der Waals surface area contributed by atoms with Gasteiger partial charge in [-0.15, -0.1) is 0 Å². The van der Waals surface area contributed by atoms with Crippen molar-refractivity contribution in [3.63, 3.8) is 0 Å². The molecule has 44 heavy (non-hydrogen) atoms. The van der Waals surface area contributed by atoms with Crippen molar-refractivity contribution in [1.29, 1.82) is 0 Å². The van der Waals surface area contributed by atoms with Crippen LogP contribution in [-0.2, 0) is 0 Å². The van der Waals surface area contributed by atoms with Gasteiger partial charge in [0.1, 0.15) is 0 Å². The van der Waals surface area contributed by atoms with Crippen LogP contribution in [0.3, 0.4) is 0 Å². The highest BCUT2D eigenvalue weighted by molar-refractivity contribution is 6.55. The van der Waals surface area contributed by atoms with E-state index in [1.807, 2.05) is 0 Å². The number of hydrogen-bond acceptors (Lipinski definition) is 0. The predicted molar refractivity (Wildman–Crippen MR) is 193 cm³/mol. The third-order valence-electron chi connectivity index (χ3n) is 10.8. The maximum absolute atomic E-state index is 2.45. The van der Waals surface area contributed by atoms with Gasteiger partial charge in [-0.3, -0.25) is 0 Å². The second-order valence-corrected chi connectivity index (χ2v) is 12.7. The molecule has 0 aliphatic carbocycles. The molecule has 0 radical (unpaired) electrons. The number of rotatable bonds is 0. The minimum Gasteiger partial charge on any atom is -0.0616 e. The fourth-order valence-corrected chi connectivity index (χ4v) is 9.29. The van der Waals surface area contributed by atoms with Gasteiger partial charge < -0.3 is 0 Å². The summed E-state index contributed by atoms with van der Waals surface area (Å²) < 4.78 is 0. The lowest BCUT2D eigenvalue weighted by atomic mass is 9.85. The van der Waals surface area contributed by atoms with Crippen molar-refractivity contribution in [2.45, 2.75) is 0 Å². The van der Waals surface area contributed by atoms with E-state index in [1.165, 1.54) is 118 Å². The van der Waals surface area contributed by atoms with Crippen LogP contribution in [0.1, 0.15) is 0 Å². The van der Waals surface area contributed by atoms with Gasteiger partial charge in [0, 0.05) is 0 Å². The minimum absolute atomic E-state index is 1.33. The topological polar surface area (TPSA) is 0 Å². The second kappa shape index (κ2) is 7.25. The highest BCUT2D eigenvalue weighted by Gasteiger charge is 2.27. The van der Waals surface area contributed by atoms with E-state index >= 15 is 0 Å². The summed E-state index contributed by atoms with van der Waals surface area (Å²) in [6.45, 7) is 0. The molecule has 0 N–H and O–H groups in total. The van der Waals surface area contributed by atoms with E-state index in [2.05, 4.69) is 133 Å². The van der Waals surface area contributed by atoms with Gasteiger partial charge in [0.2, 0.25) is 0 Å². The van der Waals surface area contributed by atoms with Crippen LogP contribution in [0.5, 0.6) is 0 Å². The summed E-state index contributed by atoms with van der Waals surface area (Å²) in [5.41, 5.74) is 0. The Labute approximate surface area is 251 Å². The van der Waals surface area contributed by atoms with E-state index < -0.39 is 0 Å². The van der Waals surface area contributed by atoms with E-state index in [-0.39, 0.29) is 0 Å². The van der Waals surface area contributed by atoms with Crippen molar-refractivity contribution in [2.75, 3.05) is 0 Å². The van der Waals surface area contributed by atoms with Crippen molar-refractivity contribution in [3.8, 4) is 0 Å². The normalized spacial score (nSPS) is 13.0. The van der Waals surface area contributed by atoms with Gasteiger partial charge >= 0.3 is 0 Å². The lowest BCUT2D eigenvalue weighted by Gasteiger charge is -2.17. The molecule has 0 atom stereocenters. The Kier molecular flexibility index (Phi) is 3.61. The first-order valence-electron chi connectivity index (χ1n) is 15.5. The molecule has 0 saturated carbocycles. The van der Waals surface area contributed by atoms with Gasteiger partial charge in [-0.05, 0) is 118 Å². The van der Waals surface area contributed by atoms with Crippen molar-refractivity contribution in [2.24, 2.45) is 0 Å². The third-order valence-corrected chi connectivity index (χ3v) is 10.8. The molecule has 0 amide bonds. The number of hydrogen-bond donors (Lipinski definition) is 0. The summed E-state index contributed by atoms with van der Waals surface area (Å²) in [6.07, 6.45) is 0. The summed E-state index contributed by atoms with van der Waals surface area (Å²) in [6, 6.07) is 50.5. The zero-order chi connectivity index (χ0) is 28.3. The standard InChI is InChI=1S/C44H22/c1-5-13-28-24(9-1)26-11-3-7-15-30(26)39-34-21-22-35-40-31-16-8-4-12-27(31)25-10-2-6-14-29(25)38(40)33-20-18-23-17-19-32(37(28)39)41-36(23)42(33)44(35)43(34)41/h1-22H. The highest BCUT2D eigenvalue weighted by atomic mass is 14.3. The number of fused-ring (bicyclic) bond motifs is 16. The molecule has 0 fully saturated rings. The maximum Gasteiger partial charge on any atom is -0.000695 e. The minimum atomic E-state index is 1.33. The van der Waals surface area contributed by atoms with Crippen molar-refractivity contribution in [3.05, 3.63) is 133 Å². The molecule has 12 rings (SSSR count). The van der Waals surface area contributed by atoms with Crippen LogP contribution in [0.2, 0.25) is 0 Å². The molecule has 0 bridgehead atoms. The molecule has 0 aliphatic heterocycles. The lowest BCUT2D eigenvalue weighted by Crippen LogP contribution is -1.89. The van der Waals surface area contributed by atoms with Crippen LogP contribution in [0.15, 0.2) is 133 Å². The van der Waals surface area contributed by atoms with Gasteiger partial charge in [0.15, 0.2) is 0 Å². The van der Waals surface area contributed by atoms with E-state index in [1.54, 1.807) is 0 Å². The molecule has 12 aromatic carbocycles.